The highest BCUT2D eigenvalue weighted by Crippen LogP contribution is 2.65. The number of aliphatic carboxylic acids is 1. The third-order valence-corrected chi connectivity index (χ3v) is 12.2. The second-order valence-corrected chi connectivity index (χ2v) is 15.3. The van der Waals surface area contributed by atoms with Crippen LogP contribution in [0, 0.1) is 29.1 Å². The number of carboxylic acid groups (broad SMARTS) is 1. The molecule has 6 nitrogen and oxygen atoms in total. The number of ether oxygens (including phenoxy) is 4. The van der Waals surface area contributed by atoms with Crippen LogP contribution in [0.2, 0.25) is 0 Å². The molecule has 6 heteroatoms. The molecular weight excluding hydrogens is 600 g/mol. The lowest BCUT2D eigenvalue weighted by atomic mass is 9.51. The van der Waals surface area contributed by atoms with Crippen LogP contribution in [0.4, 0.5) is 0 Å². The van der Waals surface area contributed by atoms with Gasteiger partial charge in [-0.05, 0) is 147 Å². The molecule has 2 aliphatic heterocycles. The van der Waals surface area contributed by atoms with Crippen molar-refractivity contribution in [3.63, 3.8) is 0 Å². The molecule has 48 heavy (non-hydrogen) atoms. The Morgan fingerprint density at radius 3 is 2.46 bits per heavy atom. The highest BCUT2D eigenvalue weighted by atomic mass is 16.7. The molecule has 0 radical (unpaired) electrons. The van der Waals surface area contributed by atoms with E-state index in [0.717, 1.165) is 102 Å². The summed E-state index contributed by atoms with van der Waals surface area (Å²) < 4.78 is 25.2. The predicted molar refractivity (Wildman–Crippen MR) is 186 cm³/mol. The molecule has 3 aliphatic carbocycles. The Hall–Kier alpha value is -2.85. The first-order valence-corrected chi connectivity index (χ1v) is 19.0. The molecule has 0 spiro atoms. The standard InChI is InChI=1S/C42H54O6/c1-42-28-35(30-17-15-29(16-18-30)11-5-3-2-4-6-12-38(43)44)41-33-22-20-32(47-39-13-7-9-25-45-39)27-31(33)19-21-34(41)36(42)23-24-37(42)48-40-14-8-10-26-46-40/h15-18,20,22,27,34-37,39-41H,2-4,6-10,12-14,19,21,23-26,28H2,1H3,(H,43,44)/t34-,35+,36-,37-,39?,40?,41+,42-/m0/s1. The fourth-order valence-electron chi connectivity index (χ4n) is 9.86. The van der Waals surface area contributed by atoms with Crippen LogP contribution in [0.15, 0.2) is 42.5 Å². The van der Waals surface area contributed by atoms with E-state index in [-0.39, 0.29) is 30.5 Å². The summed E-state index contributed by atoms with van der Waals surface area (Å²) in [7, 11) is 0. The normalized spacial score (nSPS) is 32.6. The van der Waals surface area contributed by atoms with Crippen LogP contribution in [0.1, 0.15) is 137 Å². The highest BCUT2D eigenvalue weighted by Gasteiger charge is 2.59. The van der Waals surface area contributed by atoms with Crippen molar-refractivity contribution >= 4 is 5.97 Å². The molecule has 2 aromatic rings. The molecule has 4 fully saturated rings. The molecule has 0 aromatic heterocycles. The van der Waals surface area contributed by atoms with Crippen molar-refractivity contribution in [2.75, 3.05) is 13.2 Å². The summed E-state index contributed by atoms with van der Waals surface area (Å²) in [5.74, 6) is 9.04. The quantitative estimate of drug-likeness (QED) is 0.204. The minimum absolute atomic E-state index is 0.0517. The molecule has 2 heterocycles. The smallest absolute Gasteiger partial charge is 0.303 e. The van der Waals surface area contributed by atoms with Crippen LogP contribution in [0.5, 0.6) is 5.75 Å². The van der Waals surface area contributed by atoms with Crippen LogP contribution in [0.3, 0.4) is 0 Å². The summed E-state index contributed by atoms with van der Waals surface area (Å²) >= 11 is 0. The molecule has 0 bridgehead atoms. The molecule has 2 saturated heterocycles. The fourth-order valence-corrected chi connectivity index (χ4v) is 9.86. The topological polar surface area (TPSA) is 74.2 Å². The first-order chi connectivity index (χ1) is 23.5. The number of carbonyl (C=O) groups is 1. The SMILES string of the molecule is C[C@]12C[C@H](c3ccc(C#CCCCCCC(=O)O)cc3)[C@@H]3c4ccc(OC5CCCCO5)cc4CC[C@H]3[C@@H]1CC[C@@H]2OC1CCCCO1. The first-order valence-electron chi connectivity index (χ1n) is 19.0. The highest BCUT2D eigenvalue weighted by molar-refractivity contribution is 5.66. The average molecular weight is 655 g/mol. The molecular formula is C42H54O6. The van der Waals surface area contributed by atoms with Crippen molar-refractivity contribution in [2.24, 2.45) is 17.3 Å². The van der Waals surface area contributed by atoms with Crippen molar-refractivity contribution in [2.45, 2.75) is 140 Å². The van der Waals surface area contributed by atoms with Crippen molar-refractivity contribution in [3.05, 3.63) is 64.7 Å². The molecule has 7 rings (SSSR count). The lowest BCUT2D eigenvalue weighted by molar-refractivity contribution is -0.213. The number of hydrogen-bond donors (Lipinski definition) is 1. The monoisotopic (exact) mass is 654 g/mol. The van der Waals surface area contributed by atoms with Crippen molar-refractivity contribution in [1.82, 2.24) is 0 Å². The summed E-state index contributed by atoms with van der Waals surface area (Å²) in [5, 5.41) is 8.85. The van der Waals surface area contributed by atoms with Gasteiger partial charge in [0.05, 0.1) is 12.7 Å². The zero-order valence-electron chi connectivity index (χ0n) is 28.8. The van der Waals surface area contributed by atoms with E-state index in [9.17, 15) is 4.79 Å². The van der Waals surface area contributed by atoms with Crippen molar-refractivity contribution < 1.29 is 28.8 Å². The van der Waals surface area contributed by atoms with Gasteiger partial charge in [0.25, 0.3) is 0 Å². The molecule has 2 saturated carbocycles. The molecule has 0 amide bonds. The van der Waals surface area contributed by atoms with Gasteiger partial charge in [0.1, 0.15) is 5.75 Å². The van der Waals surface area contributed by atoms with Gasteiger partial charge in [-0.1, -0.05) is 43.4 Å². The molecule has 8 atom stereocenters. The second-order valence-electron chi connectivity index (χ2n) is 15.3. The third-order valence-electron chi connectivity index (χ3n) is 12.2. The van der Waals surface area contributed by atoms with Crippen molar-refractivity contribution in [1.29, 1.82) is 0 Å². The van der Waals surface area contributed by atoms with E-state index in [1.54, 1.807) is 0 Å². The van der Waals surface area contributed by atoms with Gasteiger partial charge in [0.2, 0.25) is 0 Å². The zero-order chi connectivity index (χ0) is 32.9. The molecule has 2 aromatic carbocycles. The van der Waals surface area contributed by atoms with E-state index in [1.807, 2.05) is 0 Å². The number of unbranched alkanes of at least 4 members (excludes halogenated alkanes) is 3. The summed E-state index contributed by atoms with van der Waals surface area (Å²) in [4.78, 5) is 10.8. The average Bonchev–Trinajstić information content (AvgIpc) is 3.43. The van der Waals surface area contributed by atoms with E-state index >= 15 is 0 Å². The Labute approximate surface area is 287 Å². The maximum Gasteiger partial charge on any atom is 0.303 e. The maximum atomic E-state index is 10.8. The van der Waals surface area contributed by atoms with E-state index in [1.165, 1.54) is 36.0 Å². The summed E-state index contributed by atoms with van der Waals surface area (Å²) in [6, 6.07) is 16.0. The Morgan fingerprint density at radius 1 is 0.917 bits per heavy atom. The Balaban J connectivity index is 1.13. The summed E-state index contributed by atoms with van der Waals surface area (Å²) in [5.41, 5.74) is 5.54. The lowest BCUT2D eigenvalue weighted by Crippen LogP contribution is -2.48. The minimum Gasteiger partial charge on any atom is -0.481 e. The Kier molecular flexibility index (Phi) is 10.8. The van der Waals surface area contributed by atoms with Gasteiger partial charge in [0.15, 0.2) is 12.6 Å². The fraction of sp³-hybridized carbons (Fsp3) is 0.643. The van der Waals surface area contributed by atoms with Gasteiger partial charge in [-0.3, -0.25) is 4.79 Å². The van der Waals surface area contributed by atoms with E-state index in [0.29, 0.717) is 23.7 Å². The number of rotatable bonds is 10. The maximum absolute atomic E-state index is 10.8. The number of carboxylic acids is 1. The van der Waals surface area contributed by atoms with Crippen LogP contribution >= 0.6 is 0 Å². The first kappa shape index (κ1) is 33.6. The Bertz CT molecular complexity index is 1440. The number of benzene rings is 2. The van der Waals surface area contributed by atoms with Gasteiger partial charge in [0, 0.05) is 31.4 Å². The van der Waals surface area contributed by atoms with E-state index in [4.69, 9.17) is 24.1 Å². The van der Waals surface area contributed by atoms with Crippen molar-refractivity contribution in [3.8, 4) is 17.6 Å². The van der Waals surface area contributed by atoms with E-state index in [2.05, 4.69) is 61.2 Å². The zero-order valence-corrected chi connectivity index (χ0v) is 28.8. The van der Waals surface area contributed by atoms with E-state index < -0.39 is 5.97 Å². The molecule has 1 N–H and O–H groups in total. The van der Waals surface area contributed by atoms with Gasteiger partial charge < -0.3 is 24.1 Å². The number of hydrogen-bond acceptors (Lipinski definition) is 5. The minimum atomic E-state index is -0.718. The van der Waals surface area contributed by atoms with Crippen LogP contribution in [0.25, 0.3) is 0 Å². The molecule has 2 unspecified atom stereocenters. The summed E-state index contributed by atoms with van der Waals surface area (Å²) in [6.07, 6.45) is 16.1. The number of fused-ring (bicyclic) bond motifs is 5. The largest absolute Gasteiger partial charge is 0.481 e. The molecule has 258 valence electrons. The Morgan fingerprint density at radius 2 is 1.71 bits per heavy atom. The predicted octanol–water partition coefficient (Wildman–Crippen LogP) is 9.14. The van der Waals surface area contributed by atoms with Gasteiger partial charge >= 0.3 is 5.97 Å². The second kappa shape index (κ2) is 15.4. The van der Waals surface area contributed by atoms with Crippen LogP contribution < -0.4 is 4.74 Å². The van der Waals surface area contributed by atoms with Gasteiger partial charge in [-0.2, -0.15) is 0 Å². The lowest BCUT2D eigenvalue weighted by Gasteiger charge is -2.54. The molecule has 5 aliphatic rings. The van der Waals surface area contributed by atoms with Gasteiger partial charge in [-0.15, -0.1) is 0 Å². The third kappa shape index (κ3) is 7.49. The van der Waals surface area contributed by atoms with Gasteiger partial charge in [-0.25, -0.2) is 0 Å². The number of aryl methyl sites for hydroxylation is 1. The van der Waals surface area contributed by atoms with Crippen LogP contribution in [-0.4, -0.2) is 43.0 Å². The van der Waals surface area contributed by atoms with Crippen LogP contribution in [-0.2, 0) is 25.4 Å². The summed E-state index contributed by atoms with van der Waals surface area (Å²) in [6.45, 7) is 4.15.